The number of carbonyl (C=O) groups excluding carboxylic acids is 2. The molecule has 0 saturated carbocycles. The molecule has 220 valence electrons. The lowest BCUT2D eigenvalue weighted by molar-refractivity contribution is -0.126. The molecule has 43 heavy (non-hydrogen) atoms. The lowest BCUT2D eigenvalue weighted by atomic mass is 10.0. The smallest absolute Gasteiger partial charge is 0.352 e. The van der Waals surface area contributed by atoms with Crippen LogP contribution >= 0.6 is 11.8 Å². The molecule has 2 amide bonds. The van der Waals surface area contributed by atoms with E-state index in [0.717, 1.165) is 11.6 Å². The fourth-order valence-corrected chi connectivity index (χ4v) is 6.43. The largest absolute Gasteiger partial charge is 0.355 e. The number of nitrogens with zero attached hydrogens (tertiary/aromatic N) is 5. The van der Waals surface area contributed by atoms with Gasteiger partial charge in [0.2, 0.25) is 11.8 Å². The molecule has 12 heteroatoms. The monoisotopic (exact) mass is 602 g/mol. The van der Waals surface area contributed by atoms with E-state index in [4.69, 9.17) is 0 Å². The van der Waals surface area contributed by atoms with E-state index in [2.05, 4.69) is 21.9 Å². The second-order valence-electron chi connectivity index (χ2n) is 10.6. The Kier molecular flexibility index (Phi) is 7.47. The Morgan fingerprint density at radius 3 is 2.51 bits per heavy atom. The van der Waals surface area contributed by atoms with Gasteiger partial charge in [-0.1, -0.05) is 38.6 Å². The van der Waals surface area contributed by atoms with Crippen LogP contribution in [0.25, 0.3) is 28.0 Å². The lowest BCUT2D eigenvalue weighted by Crippen LogP contribution is -2.49. The molecule has 4 heterocycles. The summed E-state index contributed by atoms with van der Waals surface area (Å²) in [6.07, 6.45) is 1.25. The Hall–Kier alpha value is -4.58. The lowest BCUT2D eigenvalue weighted by Gasteiger charge is -2.35. The number of halogens is 2. The first kappa shape index (κ1) is 28.5. The van der Waals surface area contributed by atoms with Crippen molar-refractivity contribution in [1.82, 2.24) is 19.4 Å². The zero-order valence-corrected chi connectivity index (χ0v) is 24.4. The summed E-state index contributed by atoms with van der Waals surface area (Å²) in [4.78, 5) is 52.4. The van der Waals surface area contributed by atoms with E-state index in [1.54, 1.807) is 4.90 Å². The number of carbonyl (C=O) groups is 2. The SMILES string of the molecule is C=CC(=O)N1CCN(c2nc(=O)n3c4nc(c(F)cc24)-c2c(F)cccc2NC(=O)CSc2cccc(C(C)C)c2-3)CC1. The third-order valence-electron chi connectivity index (χ3n) is 7.63. The fraction of sp³-hybridized carbons (Fsp3) is 0.258. The molecule has 4 aromatic rings. The van der Waals surface area contributed by atoms with Crippen LogP contribution < -0.4 is 15.9 Å². The first-order valence-electron chi connectivity index (χ1n) is 13.8. The quantitative estimate of drug-likeness (QED) is 0.339. The third-order valence-corrected chi connectivity index (χ3v) is 8.67. The van der Waals surface area contributed by atoms with Crippen molar-refractivity contribution < 1.29 is 18.4 Å². The highest BCUT2D eigenvalue weighted by Crippen LogP contribution is 2.39. The summed E-state index contributed by atoms with van der Waals surface area (Å²) >= 11 is 1.23. The van der Waals surface area contributed by atoms with E-state index >= 15 is 8.78 Å². The summed E-state index contributed by atoms with van der Waals surface area (Å²) in [6.45, 7) is 8.92. The summed E-state index contributed by atoms with van der Waals surface area (Å²) in [7, 11) is 0. The van der Waals surface area contributed by atoms with Crippen LogP contribution in [0.3, 0.4) is 0 Å². The normalized spacial score (nSPS) is 15.0. The van der Waals surface area contributed by atoms with Gasteiger partial charge in [0, 0.05) is 31.1 Å². The number of rotatable bonds is 3. The predicted molar refractivity (Wildman–Crippen MR) is 163 cm³/mol. The minimum atomic E-state index is -0.842. The molecule has 0 radical (unpaired) electrons. The second-order valence-corrected chi connectivity index (χ2v) is 11.6. The number of nitrogens with one attached hydrogen (secondary N) is 1. The van der Waals surface area contributed by atoms with E-state index in [9.17, 15) is 14.4 Å². The van der Waals surface area contributed by atoms with Gasteiger partial charge in [-0.25, -0.2) is 23.1 Å². The molecular weight excluding hydrogens is 574 g/mol. The van der Waals surface area contributed by atoms with Gasteiger partial charge in [-0.2, -0.15) is 4.98 Å². The summed E-state index contributed by atoms with van der Waals surface area (Å²) in [5.41, 5.74) is 0.256. The van der Waals surface area contributed by atoms with Crippen molar-refractivity contribution in [3.8, 4) is 16.9 Å². The standard InChI is InChI=1S/C31H28F2N6O3S/c1-4-25(41)37-11-13-38(14-12-37)29-19-15-21(33)27-26-20(32)8-6-9-22(26)34-24(40)16-43-23-10-5-7-18(17(2)3)28(23)39(30(19)35-27)31(42)36-29/h4-10,15,17H,1,11-14,16H2,2-3H3,(H,34,40). The number of piperazine rings is 1. The molecular formula is C31H28F2N6O3S. The molecule has 0 aliphatic carbocycles. The van der Waals surface area contributed by atoms with Crippen LogP contribution in [0.4, 0.5) is 20.3 Å². The van der Waals surface area contributed by atoms with Crippen molar-refractivity contribution in [2.45, 2.75) is 24.7 Å². The molecule has 0 spiro atoms. The van der Waals surface area contributed by atoms with Crippen molar-refractivity contribution in [2.75, 3.05) is 42.1 Å². The number of anilines is 2. The van der Waals surface area contributed by atoms with E-state index in [-0.39, 0.29) is 51.4 Å². The van der Waals surface area contributed by atoms with Gasteiger partial charge in [-0.05, 0) is 41.8 Å². The molecule has 1 fully saturated rings. The van der Waals surface area contributed by atoms with E-state index in [1.807, 2.05) is 36.9 Å². The number of para-hydroxylation sites is 1. The highest BCUT2D eigenvalue weighted by Gasteiger charge is 2.29. The highest BCUT2D eigenvalue weighted by atomic mass is 32.2. The average molecular weight is 603 g/mol. The summed E-state index contributed by atoms with van der Waals surface area (Å²) in [5.74, 6) is -2.08. The first-order valence-corrected chi connectivity index (χ1v) is 14.8. The van der Waals surface area contributed by atoms with E-state index in [0.29, 0.717) is 36.8 Å². The van der Waals surface area contributed by atoms with Gasteiger partial charge in [-0.3, -0.25) is 9.59 Å². The number of thioether (sulfide) groups is 1. The van der Waals surface area contributed by atoms with Crippen LogP contribution in [-0.2, 0) is 9.59 Å². The maximum Gasteiger partial charge on any atom is 0.355 e. The Morgan fingerprint density at radius 2 is 1.79 bits per heavy atom. The van der Waals surface area contributed by atoms with Crippen molar-refractivity contribution >= 4 is 46.1 Å². The molecule has 2 aromatic heterocycles. The number of aromatic nitrogens is 3. The van der Waals surface area contributed by atoms with E-state index in [1.165, 1.54) is 40.6 Å². The van der Waals surface area contributed by atoms with Crippen molar-refractivity contribution in [2.24, 2.45) is 0 Å². The molecule has 2 bridgehead atoms. The number of fused-ring (bicyclic) bond motifs is 5. The summed E-state index contributed by atoms with van der Waals surface area (Å²) in [6, 6.07) is 10.8. The van der Waals surface area contributed by atoms with Gasteiger partial charge in [-0.15, -0.1) is 11.8 Å². The number of amides is 2. The van der Waals surface area contributed by atoms with Crippen LogP contribution in [0.2, 0.25) is 0 Å². The molecule has 2 aliphatic heterocycles. The van der Waals surface area contributed by atoms with Gasteiger partial charge in [0.1, 0.15) is 17.3 Å². The molecule has 0 atom stereocenters. The Bertz CT molecular complexity index is 1870. The highest BCUT2D eigenvalue weighted by molar-refractivity contribution is 8.00. The predicted octanol–water partition coefficient (Wildman–Crippen LogP) is 4.73. The zero-order chi connectivity index (χ0) is 30.4. The fourth-order valence-electron chi connectivity index (χ4n) is 5.55. The molecule has 6 rings (SSSR count). The van der Waals surface area contributed by atoms with Gasteiger partial charge >= 0.3 is 5.69 Å². The maximum atomic E-state index is 16.1. The summed E-state index contributed by atoms with van der Waals surface area (Å²) in [5, 5.41) is 2.97. The molecule has 9 nitrogen and oxygen atoms in total. The van der Waals surface area contributed by atoms with Gasteiger partial charge in [0.25, 0.3) is 0 Å². The average Bonchev–Trinajstić information content (AvgIpc) is 2.99. The second kappa shape index (κ2) is 11.3. The minimum absolute atomic E-state index is 0.0347. The summed E-state index contributed by atoms with van der Waals surface area (Å²) < 4.78 is 32.8. The van der Waals surface area contributed by atoms with Gasteiger partial charge in [0.05, 0.1) is 28.1 Å². The van der Waals surface area contributed by atoms with Gasteiger partial charge in [0.15, 0.2) is 11.5 Å². The van der Waals surface area contributed by atoms with Crippen molar-refractivity contribution in [3.63, 3.8) is 0 Å². The molecule has 1 saturated heterocycles. The molecule has 0 unspecified atom stereocenters. The number of hydrogen-bond donors (Lipinski definition) is 1. The van der Waals surface area contributed by atoms with Crippen LogP contribution in [-0.4, -0.2) is 63.2 Å². The topological polar surface area (TPSA) is 100 Å². The Morgan fingerprint density at radius 1 is 1.05 bits per heavy atom. The van der Waals surface area contributed by atoms with Crippen LogP contribution in [0.5, 0.6) is 0 Å². The van der Waals surface area contributed by atoms with Crippen LogP contribution in [0, 0.1) is 11.6 Å². The first-order chi connectivity index (χ1) is 20.7. The molecule has 1 N–H and O–H groups in total. The zero-order valence-electron chi connectivity index (χ0n) is 23.6. The Labute approximate surface area is 250 Å². The number of benzene rings is 2. The van der Waals surface area contributed by atoms with Crippen molar-refractivity contribution in [3.05, 3.63) is 82.8 Å². The van der Waals surface area contributed by atoms with Crippen molar-refractivity contribution in [1.29, 1.82) is 0 Å². The Balaban J connectivity index is 1.68. The maximum absolute atomic E-state index is 16.1. The molecule has 2 aromatic carbocycles. The third kappa shape index (κ3) is 5.05. The number of hydrogen-bond acceptors (Lipinski definition) is 7. The number of pyridine rings is 1. The minimum Gasteiger partial charge on any atom is -0.352 e. The van der Waals surface area contributed by atoms with Crippen LogP contribution in [0.1, 0.15) is 25.3 Å². The van der Waals surface area contributed by atoms with E-state index < -0.39 is 23.2 Å². The van der Waals surface area contributed by atoms with Crippen LogP contribution in [0.15, 0.2) is 64.8 Å². The molecule has 2 aliphatic rings. The van der Waals surface area contributed by atoms with Gasteiger partial charge < -0.3 is 15.1 Å².